The molecule has 0 saturated carbocycles. The molecule has 0 unspecified atom stereocenters. The van der Waals surface area contributed by atoms with E-state index in [1.54, 1.807) is 6.20 Å². The molecule has 0 saturated heterocycles. The second-order valence-corrected chi connectivity index (χ2v) is 8.37. The molecule has 0 aliphatic heterocycles. The highest BCUT2D eigenvalue weighted by atomic mass is 16.3. The molecule has 170 valence electrons. The van der Waals surface area contributed by atoms with E-state index in [-0.39, 0.29) is 12.2 Å². The number of aliphatic hydroxyl groups is 1. The minimum absolute atomic E-state index is 0.0698. The normalized spacial score (nSPS) is 11.3. The molecule has 3 aromatic carbocycles. The SMILES string of the molecule is O=c1c(-c2ccc3ncccc3c2)cn(CCO)c2c(-c3ccccc3)c(-c3ccccc3)nn12. The highest BCUT2D eigenvalue weighted by molar-refractivity contribution is 5.91. The van der Waals surface area contributed by atoms with E-state index in [2.05, 4.69) is 4.98 Å². The first kappa shape index (κ1) is 21.0. The van der Waals surface area contributed by atoms with Gasteiger partial charge in [-0.25, -0.2) is 0 Å². The van der Waals surface area contributed by atoms with E-state index in [0.717, 1.165) is 38.9 Å². The van der Waals surface area contributed by atoms with Crippen molar-refractivity contribution in [2.24, 2.45) is 0 Å². The fourth-order valence-electron chi connectivity index (χ4n) is 4.59. The summed E-state index contributed by atoms with van der Waals surface area (Å²) >= 11 is 0. The van der Waals surface area contributed by atoms with Crippen LogP contribution >= 0.6 is 0 Å². The Morgan fingerprint density at radius 1 is 0.800 bits per heavy atom. The summed E-state index contributed by atoms with van der Waals surface area (Å²) < 4.78 is 3.40. The first-order valence-electron chi connectivity index (χ1n) is 11.5. The van der Waals surface area contributed by atoms with Gasteiger partial charge in [0.15, 0.2) is 0 Å². The predicted octanol–water partition coefficient (Wildman–Crippen LogP) is 5.04. The van der Waals surface area contributed by atoms with Crippen LogP contribution in [-0.2, 0) is 6.54 Å². The fraction of sp³-hybridized carbons (Fsp3) is 0.0690. The van der Waals surface area contributed by atoms with Crippen molar-refractivity contribution in [3.05, 3.63) is 114 Å². The predicted molar refractivity (Wildman–Crippen MR) is 138 cm³/mol. The van der Waals surface area contributed by atoms with Crippen molar-refractivity contribution in [2.45, 2.75) is 6.54 Å². The van der Waals surface area contributed by atoms with E-state index in [1.807, 2.05) is 102 Å². The lowest BCUT2D eigenvalue weighted by Crippen LogP contribution is -2.21. The zero-order valence-electron chi connectivity index (χ0n) is 18.9. The molecule has 35 heavy (non-hydrogen) atoms. The van der Waals surface area contributed by atoms with Gasteiger partial charge >= 0.3 is 0 Å². The Kier molecular flexibility index (Phi) is 5.20. The van der Waals surface area contributed by atoms with Gasteiger partial charge in [-0.05, 0) is 29.3 Å². The third-order valence-electron chi connectivity index (χ3n) is 6.21. The Bertz CT molecular complexity index is 1720. The van der Waals surface area contributed by atoms with Crippen LogP contribution in [-0.4, -0.2) is 30.9 Å². The van der Waals surface area contributed by atoms with E-state index in [1.165, 1.54) is 4.52 Å². The smallest absolute Gasteiger partial charge is 0.282 e. The van der Waals surface area contributed by atoms with Gasteiger partial charge in [-0.2, -0.15) is 9.61 Å². The van der Waals surface area contributed by atoms with Gasteiger partial charge in [0.2, 0.25) is 0 Å². The molecule has 3 heterocycles. The van der Waals surface area contributed by atoms with Crippen LogP contribution in [0.4, 0.5) is 0 Å². The minimum Gasteiger partial charge on any atom is -0.395 e. The molecule has 0 bridgehead atoms. The molecular formula is C29H22N4O2. The van der Waals surface area contributed by atoms with Gasteiger partial charge in [0, 0.05) is 29.9 Å². The summed E-state index contributed by atoms with van der Waals surface area (Å²) in [6, 6.07) is 29.4. The Morgan fingerprint density at radius 3 is 2.29 bits per heavy atom. The standard InChI is InChI=1S/C29H22N4O2/c34-17-16-32-19-24(22-13-14-25-23(18-22)12-7-15-30-25)29(35)33-28(32)26(20-8-3-1-4-9-20)27(31-33)21-10-5-2-6-11-21/h1-15,18-19,34H,16-17H2. The van der Waals surface area contributed by atoms with Crippen LogP contribution in [0, 0.1) is 0 Å². The molecule has 0 aliphatic rings. The van der Waals surface area contributed by atoms with Crippen LogP contribution in [0.1, 0.15) is 0 Å². The van der Waals surface area contributed by atoms with Gasteiger partial charge in [-0.1, -0.05) is 72.8 Å². The molecule has 6 heteroatoms. The summed E-state index contributed by atoms with van der Waals surface area (Å²) in [5.41, 5.74) is 6.06. The number of pyridine rings is 1. The largest absolute Gasteiger partial charge is 0.395 e. The van der Waals surface area contributed by atoms with Crippen LogP contribution in [0.3, 0.4) is 0 Å². The molecule has 3 aromatic heterocycles. The number of fused-ring (bicyclic) bond motifs is 2. The third-order valence-corrected chi connectivity index (χ3v) is 6.21. The summed E-state index contributed by atoms with van der Waals surface area (Å²) in [5.74, 6) is 0. The molecule has 6 aromatic rings. The molecule has 0 amide bonds. The van der Waals surface area contributed by atoms with Crippen LogP contribution in [0.5, 0.6) is 0 Å². The van der Waals surface area contributed by atoms with E-state index in [0.29, 0.717) is 17.8 Å². The van der Waals surface area contributed by atoms with E-state index in [9.17, 15) is 9.90 Å². The van der Waals surface area contributed by atoms with Crippen molar-refractivity contribution in [1.82, 2.24) is 19.2 Å². The minimum atomic E-state index is -0.211. The zero-order chi connectivity index (χ0) is 23.8. The Hall–Kier alpha value is -4.55. The van der Waals surface area contributed by atoms with Gasteiger partial charge in [0.05, 0.1) is 23.3 Å². The van der Waals surface area contributed by atoms with E-state index in [4.69, 9.17) is 5.10 Å². The number of hydrogen-bond acceptors (Lipinski definition) is 4. The molecule has 0 atom stereocenters. The third kappa shape index (κ3) is 3.61. The molecular weight excluding hydrogens is 436 g/mol. The summed E-state index contributed by atoms with van der Waals surface area (Å²) in [4.78, 5) is 18.2. The lowest BCUT2D eigenvalue weighted by atomic mass is 10.0. The van der Waals surface area contributed by atoms with E-state index >= 15 is 0 Å². The topological polar surface area (TPSA) is 72.4 Å². The van der Waals surface area contributed by atoms with Gasteiger partial charge in [0.25, 0.3) is 5.56 Å². The number of benzene rings is 3. The van der Waals surface area contributed by atoms with Gasteiger partial charge in [-0.15, -0.1) is 0 Å². The van der Waals surface area contributed by atoms with Crippen molar-refractivity contribution in [3.63, 3.8) is 0 Å². The second kappa shape index (κ2) is 8.66. The van der Waals surface area contributed by atoms with Crippen LogP contribution in [0.15, 0.2) is 108 Å². The summed E-state index contributed by atoms with van der Waals surface area (Å²) in [6.45, 7) is 0.255. The quantitative estimate of drug-likeness (QED) is 0.393. The lowest BCUT2D eigenvalue weighted by Gasteiger charge is -2.13. The van der Waals surface area contributed by atoms with Crippen molar-refractivity contribution in [1.29, 1.82) is 0 Å². The van der Waals surface area contributed by atoms with Gasteiger partial charge in [0.1, 0.15) is 11.3 Å². The highest BCUT2D eigenvalue weighted by Gasteiger charge is 2.22. The summed E-state index contributed by atoms with van der Waals surface area (Å²) in [5, 5.41) is 15.7. The first-order valence-corrected chi connectivity index (χ1v) is 11.5. The van der Waals surface area contributed by atoms with Gasteiger partial charge < -0.3 is 9.67 Å². The van der Waals surface area contributed by atoms with Gasteiger partial charge in [-0.3, -0.25) is 9.78 Å². The number of rotatable bonds is 5. The maximum absolute atomic E-state index is 13.9. The second-order valence-electron chi connectivity index (χ2n) is 8.37. The van der Waals surface area contributed by atoms with Crippen molar-refractivity contribution in [3.8, 4) is 33.5 Å². The molecule has 0 aliphatic carbocycles. The number of hydrogen-bond donors (Lipinski definition) is 1. The maximum atomic E-state index is 13.9. The molecule has 0 radical (unpaired) electrons. The molecule has 1 N–H and O–H groups in total. The van der Waals surface area contributed by atoms with Crippen LogP contribution < -0.4 is 5.56 Å². The first-order chi connectivity index (χ1) is 17.2. The molecule has 0 spiro atoms. The molecule has 6 rings (SSSR count). The summed E-state index contributed by atoms with van der Waals surface area (Å²) in [6.07, 6.45) is 3.58. The molecule has 0 fully saturated rings. The number of aliphatic hydroxyl groups excluding tert-OH is 1. The number of aromatic nitrogens is 4. The van der Waals surface area contributed by atoms with Crippen LogP contribution in [0.2, 0.25) is 0 Å². The fourth-order valence-corrected chi connectivity index (χ4v) is 4.59. The maximum Gasteiger partial charge on any atom is 0.282 e. The van der Waals surface area contributed by atoms with Crippen molar-refractivity contribution in [2.75, 3.05) is 6.61 Å². The van der Waals surface area contributed by atoms with Crippen molar-refractivity contribution >= 4 is 16.6 Å². The number of nitrogens with zero attached hydrogens (tertiary/aromatic N) is 4. The highest BCUT2D eigenvalue weighted by Crippen LogP contribution is 2.35. The average Bonchev–Trinajstić information content (AvgIpc) is 3.33. The van der Waals surface area contributed by atoms with Crippen LogP contribution in [0.25, 0.3) is 50.1 Å². The monoisotopic (exact) mass is 458 g/mol. The average molecular weight is 459 g/mol. The Balaban J connectivity index is 1.69. The Labute approximate surface area is 201 Å². The molecule has 6 nitrogen and oxygen atoms in total. The summed E-state index contributed by atoms with van der Waals surface area (Å²) in [7, 11) is 0. The lowest BCUT2D eigenvalue weighted by molar-refractivity contribution is 0.277. The zero-order valence-corrected chi connectivity index (χ0v) is 18.9. The Morgan fingerprint density at radius 2 is 1.54 bits per heavy atom. The van der Waals surface area contributed by atoms with Crippen molar-refractivity contribution < 1.29 is 5.11 Å². The van der Waals surface area contributed by atoms with E-state index < -0.39 is 0 Å².